The second-order valence-corrected chi connectivity index (χ2v) is 5.94. The molecule has 2 N–H and O–H groups in total. The van der Waals surface area contributed by atoms with E-state index in [1.807, 2.05) is 30.3 Å². The summed E-state index contributed by atoms with van der Waals surface area (Å²) < 4.78 is 10.6. The molecular weight excluding hydrogens is 332 g/mol. The van der Waals surface area contributed by atoms with Gasteiger partial charge in [0, 0.05) is 24.3 Å². The van der Waals surface area contributed by atoms with Crippen LogP contribution in [0.4, 0.5) is 0 Å². The van der Waals surface area contributed by atoms with Gasteiger partial charge < -0.3 is 14.8 Å². The van der Waals surface area contributed by atoms with E-state index in [4.69, 9.17) is 9.47 Å². The molecule has 0 saturated carbocycles. The molecule has 0 unspecified atom stereocenters. The topological polar surface area (TPSA) is 100 Å². The molecule has 0 spiro atoms. The largest absolute Gasteiger partial charge is 0.497 e. The van der Waals surface area contributed by atoms with E-state index >= 15 is 0 Å². The number of hydrogen-bond donors (Lipinski definition) is 2. The Morgan fingerprint density at radius 3 is 2.96 bits per heavy atom. The van der Waals surface area contributed by atoms with Gasteiger partial charge in [0.15, 0.2) is 0 Å². The summed E-state index contributed by atoms with van der Waals surface area (Å²) in [5.41, 5.74) is 2.30. The molecule has 1 amide bonds. The lowest BCUT2D eigenvalue weighted by atomic mass is 10.1. The fourth-order valence-corrected chi connectivity index (χ4v) is 2.80. The summed E-state index contributed by atoms with van der Waals surface area (Å²) in [6, 6.07) is 9.40. The lowest BCUT2D eigenvalue weighted by Gasteiger charge is -2.10. The van der Waals surface area contributed by atoms with Crippen molar-refractivity contribution in [3.8, 4) is 23.1 Å². The first-order valence-electron chi connectivity index (χ1n) is 8.40. The Hall–Kier alpha value is -3.11. The van der Waals surface area contributed by atoms with Gasteiger partial charge in [0.05, 0.1) is 25.1 Å². The fourth-order valence-electron chi connectivity index (χ4n) is 2.80. The lowest BCUT2D eigenvalue weighted by molar-refractivity contribution is -0.117. The van der Waals surface area contributed by atoms with E-state index < -0.39 is 5.91 Å². The minimum absolute atomic E-state index is 0.0270. The highest BCUT2D eigenvalue weighted by Gasteiger charge is 2.18. The molecule has 1 aliphatic rings. The molecule has 134 valence electrons. The van der Waals surface area contributed by atoms with Gasteiger partial charge in [0.25, 0.3) is 5.91 Å². The maximum atomic E-state index is 12.3. The zero-order valence-corrected chi connectivity index (χ0v) is 14.5. The SMILES string of the molecule is COc1ccc(-c2[nH]ncc2/C=C(\C#N)C(=O)NC[C@@H]2CCCO2)cc1. The molecule has 0 aliphatic carbocycles. The Balaban J connectivity index is 1.75. The van der Waals surface area contributed by atoms with Gasteiger partial charge in [-0.15, -0.1) is 0 Å². The summed E-state index contributed by atoms with van der Waals surface area (Å²) in [5.74, 6) is 0.335. The highest BCUT2D eigenvalue weighted by Crippen LogP contribution is 2.25. The number of nitrogens with one attached hydrogen (secondary N) is 2. The van der Waals surface area contributed by atoms with Crippen LogP contribution in [0.3, 0.4) is 0 Å². The molecular formula is C19H20N4O3. The number of benzene rings is 1. The van der Waals surface area contributed by atoms with Gasteiger partial charge in [0.2, 0.25) is 0 Å². The molecule has 1 aliphatic heterocycles. The predicted octanol–water partition coefficient (Wildman–Crippen LogP) is 2.29. The van der Waals surface area contributed by atoms with Crippen molar-refractivity contribution in [2.24, 2.45) is 0 Å². The summed E-state index contributed by atoms with van der Waals surface area (Å²) >= 11 is 0. The van der Waals surface area contributed by atoms with Crippen molar-refractivity contribution in [3.63, 3.8) is 0 Å². The molecule has 7 nitrogen and oxygen atoms in total. The summed E-state index contributed by atoms with van der Waals surface area (Å²) in [7, 11) is 1.60. The van der Waals surface area contributed by atoms with E-state index in [2.05, 4.69) is 15.5 Å². The number of carbonyl (C=O) groups is 1. The average Bonchev–Trinajstić information content (AvgIpc) is 3.36. The van der Waals surface area contributed by atoms with Crippen LogP contribution < -0.4 is 10.1 Å². The fraction of sp³-hybridized carbons (Fsp3) is 0.316. The molecule has 1 fully saturated rings. The summed E-state index contributed by atoms with van der Waals surface area (Å²) in [6.07, 6.45) is 5.08. The molecule has 0 radical (unpaired) electrons. The number of ether oxygens (including phenoxy) is 2. The first kappa shape index (κ1) is 17.7. The minimum Gasteiger partial charge on any atom is -0.497 e. The van der Waals surface area contributed by atoms with Crippen molar-refractivity contribution in [3.05, 3.63) is 41.6 Å². The molecule has 1 saturated heterocycles. The highest BCUT2D eigenvalue weighted by atomic mass is 16.5. The molecule has 3 rings (SSSR count). The van der Waals surface area contributed by atoms with Crippen LogP contribution in [0.1, 0.15) is 18.4 Å². The van der Waals surface area contributed by atoms with Gasteiger partial charge >= 0.3 is 0 Å². The Morgan fingerprint density at radius 2 is 2.31 bits per heavy atom. The van der Waals surface area contributed by atoms with E-state index in [0.717, 1.165) is 36.5 Å². The Kier molecular flexibility index (Phi) is 5.66. The van der Waals surface area contributed by atoms with Gasteiger partial charge in [0.1, 0.15) is 17.4 Å². The number of nitrogens with zero attached hydrogens (tertiary/aromatic N) is 2. The van der Waals surface area contributed by atoms with Crippen LogP contribution in [-0.4, -0.2) is 42.5 Å². The summed E-state index contributed by atoms with van der Waals surface area (Å²) in [5, 5.41) is 19.1. The third-order valence-corrected chi connectivity index (χ3v) is 4.23. The molecule has 2 aromatic rings. The van der Waals surface area contributed by atoms with Crippen LogP contribution in [0, 0.1) is 11.3 Å². The van der Waals surface area contributed by atoms with Crippen molar-refractivity contribution >= 4 is 12.0 Å². The summed E-state index contributed by atoms with van der Waals surface area (Å²) in [4.78, 5) is 12.3. The first-order chi connectivity index (χ1) is 12.7. The maximum Gasteiger partial charge on any atom is 0.262 e. The minimum atomic E-state index is -0.412. The van der Waals surface area contributed by atoms with Crippen LogP contribution in [0.15, 0.2) is 36.0 Å². The number of aromatic nitrogens is 2. The number of nitriles is 1. The molecule has 1 aromatic carbocycles. The van der Waals surface area contributed by atoms with Gasteiger partial charge in [-0.3, -0.25) is 9.89 Å². The second-order valence-electron chi connectivity index (χ2n) is 5.94. The molecule has 1 atom stereocenters. The van der Waals surface area contributed by atoms with E-state index in [1.165, 1.54) is 6.08 Å². The quantitative estimate of drug-likeness (QED) is 0.614. The first-order valence-corrected chi connectivity index (χ1v) is 8.40. The number of H-pyrrole nitrogens is 1. The lowest BCUT2D eigenvalue weighted by Crippen LogP contribution is -2.32. The molecule has 7 heteroatoms. The van der Waals surface area contributed by atoms with Gasteiger partial charge in [-0.25, -0.2) is 0 Å². The van der Waals surface area contributed by atoms with Crippen molar-refractivity contribution in [1.82, 2.24) is 15.5 Å². The Bertz CT molecular complexity index is 827. The molecule has 1 aromatic heterocycles. The van der Waals surface area contributed by atoms with Crippen LogP contribution in [-0.2, 0) is 9.53 Å². The highest BCUT2D eigenvalue weighted by molar-refractivity contribution is 6.02. The zero-order valence-electron chi connectivity index (χ0n) is 14.5. The van der Waals surface area contributed by atoms with Gasteiger partial charge in [-0.2, -0.15) is 10.4 Å². The average molecular weight is 352 g/mol. The Morgan fingerprint density at radius 1 is 1.50 bits per heavy atom. The van der Waals surface area contributed by atoms with Crippen molar-refractivity contribution in [2.45, 2.75) is 18.9 Å². The van der Waals surface area contributed by atoms with E-state index in [-0.39, 0.29) is 11.7 Å². The molecule has 26 heavy (non-hydrogen) atoms. The second kappa shape index (κ2) is 8.32. The maximum absolute atomic E-state index is 12.3. The standard InChI is InChI=1S/C19H20N4O3/c1-25-16-6-4-13(5-7-16)18-15(11-22-23-18)9-14(10-20)19(24)21-12-17-3-2-8-26-17/h4-7,9,11,17H,2-3,8,12H2,1H3,(H,21,24)(H,22,23)/b14-9+/t17-/m0/s1. The predicted molar refractivity (Wildman–Crippen MR) is 96.1 cm³/mol. The normalized spacial score (nSPS) is 16.9. The van der Waals surface area contributed by atoms with Crippen LogP contribution >= 0.6 is 0 Å². The van der Waals surface area contributed by atoms with Crippen molar-refractivity contribution in [1.29, 1.82) is 5.26 Å². The monoisotopic (exact) mass is 352 g/mol. The number of carbonyl (C=O) groups excluding carboxylic acids is 1. The molecule has 2 heterocycles. The van der Waals surface area contributed by atoms with Gasteiger partial charge in [-0.05, 0) is 43.2 Å². The Labute approximate surface area is 151 Å². The number of methoxy groups -OCH3 is 1. The van der Waals surface area contributed by atoms with Crippen molar-refractivity contribution in [2.75, 3.05) is 20.3 Å². The van der Waals surface area contributed by atoms with Crippen molar-refractivity contribution < 1.29 is 14.3 Å². The third kappa shape index (κ3) is 4.10. The van der Waals surface area contributed by atoms with E-state index in [0.29, 0.717) is 12.1 Å². The van der Waals surface area contributed by atoms with Gasteiger partial charge in [-0.1, -0.05) is 0 Å². The number of aromatic amines is 1. The van der Waals surface area contributed by atoms with Crippen LogP contribution in [0.25, 0.3) is 17.3 Å². The third-order valence-electron chi connectivity index (χ3n) is 4.23. The van der Waals surface area contributed by atoms with E-state index in [9.17, 15) is 10.1 Å². The number of hydrogen-bond acceptors (Lipinski definition) is 5. The zero-order chi connectivity index (χ0) is 18.4. The van der Waals surface area contributed by atoms with E-state index in [1.54, 1.807) is 13.3 Å². The smallest absolute Gasteiger partial charge is 0.262 e. The number of rotatable bonds is 6. The summed E-state index contributed by atoms with van der Waals surface area (Å²) in [6.45, 7) is 1.14. The van der Waals surface area contributed by atoms with Crippen LogP contribution in [0.5, 0.6) is 5.75 Å². The molecule has 0 bridgehead atoms. The number of amides is 1. The van der Waals surface area contributed by atoms with Crippen LogP contribution in [0.2, 0.25) is 0 Å².